The molecule has 118 valence electrons. The lowest BCUT2D eigenvalue weighted by atomic mass is 9.99. The second-order valence-corrected chi connectivity index (χ2v) is 6.63. The van der Waals surface area contributed by atoms with E-state index in [-0.39, 0.29) is 0 Å². The van der Waals surface area contributed by atoms with Gasteiger partial charge in [0.2, 0.25) is 0 Å². The van der Waals surface area contributed by atoms with E-state index in [1.165, 1.54) is 43.5 Å². The Morgan fingerprint density at radius 3 is 2.48 bits per heavy atom. The van der Waals surface area contributed by atoms with Crippen molar-refractivity contribution in [3.8, 4) is 0 Å². The summed E-state index contributed by atoms with van der Waals surface area (Å²) in [4.78, 5) is 2.63. The van der Waals surface area contributed by atoms with E-state index in [0.29, 0.717) is 5.92 Å². The number of nitrogens with zero attached hydrogens (tertiary/aromatic N) is 1. The van der Waals surface area contributed by atoms with E-state index in [4.69, 9.17) is 0 Å². The first-order valence-corrected chi connectivity index (χ1v) is 8.74. The fourth-order valence-corrected chi connectivity index (χ4v) is 2.91. The summed E-state index contributed by atoms with van der Waals surface area (Å²) in [5.41, 5.74) is 2.91. The van der Waals surface area contributed by atoms with Gasteiger partial charge in [-0.15, -0.1) is 0 Å². The van der Waals surface area contributed by atoms with Crippen LogP contribution in [0.15, 0.2) is 24.3 Å². The second-order valence-electron chi connectivity index (χ2n) is 6.63. The Labute approximate surface area is 130 Å². The quantitative estimate of drug-likeness (QED) is 0.699. The van der Waals surface area contributed by atoms with Crippen LogP contribution in [0.3, 0.4) is 0 Å². The highest BCUT2D eigenvalue weighted by molar-refractivity contribution is 5.25. The Morgan fingerprint density at radius 2 is 1.90 bits per heavy atom. The molecule has 1 fully saturated rings. The molecule has 0 radical (unpaired) electrons. The molecule has 2 heteroatoms. The first-order chi connectivity index (χ1) is 10.2. The maximum Gasteiger partial charge on any atom is 0.0233 e. The molecule has 1 saturated carbocycles. The highest BCUT2D eigenvalue weighted by Crippen LogP contribution is 2.30. The van der Waals surface area contributed by atoms with Gasteiger partial charge in [-0.2, -0.15) is 0 Å². The second kappa shape index (κ2) is 8.55. The zero-order valence-electron chi connectivity index (χ0n) is 14.1. The molecule has 1 aliphatic rings. The summed E-state index contributed by atoms with van der Waals surface area (Å²) >= 11 is 0. The van der Waals surface area contributed by atoms with Gasteiger partial charge in [0.15, 0.2) is 0 Å². The molecule has 1 aromatic carbocycles. The van der Waals surface area contributed by atoms with Gasteiger partial charge < -0.3 is 5.32 Å². The van der Waals surface area contributed by atoms with Crippen LogP contribution < -0.4 is 5.32 Å². The summed E-state index contributed by atoms with van der Waals surface area (Å²) in [5.74, 6) is 1.58. The molecule has 0 aromatic heterocycles. The zero-order chi connectivity index (χ0) is 15.1. The monoisotopic (exact) mass is 288 g/mol. The van der Waals surface area contributed by atoms with Crippen molar-refractivity contribution in [2.75, 3.05) is 26.2 Å². The van der Waals surface area contributed by atoms with E-state index >= 15 is 0 Å². The van der Waals surface area contributed by atoms with Gasteiger partial charge in [-0.3, -0.25) is 4.90 Å². The Morgan fingerprint density at radius 1 is 1.19 bits per heavy atom. The predicted molar refractivity (Wildman–Crippen MR) is 91.7 cm³/mol. The summed E-state index contributed by atoms with van der Waals surface area (Å²) in [7, 11) is 0. The van der Waals surface area contributed by atoms with E-state index in [9.17, 15) is 0 Å². The average molecular weight is 288 g/mol. The van der Waals surface area contributed by atoms with Crippen LogP contribution in [0.4, 0.5) is 0 Å². The van der Waals surface area contributed by atoms with Crippen LogP contribution in [0.25, 0.3) is 0 Å². The molecule has 21 heavy (non-hydrogen) atoms. The molecule has 0 amide bonds. The molecule has 2 nitrogen and oxygen atoms in total. The van der Waals surface area contributed by atoms with Crippen LogP contribution in [-0.4, -0.2) is 31.1 Å². The lowest BCUT2D eigenvalue weighted by molar-refractivity contribution is 0.255. The fraction of sp³-hybridized carbons (Fsp3) is 0.684. The van der Waals surface area contributed by atoms with E-state index in [2.05, 4.69) is 55.3 Å². The van der Waals surface area contributed by atoms with Crippen LogP contribution >= 0.6 is 0 Å². The lowest BCUT2D eigenvalue weighted by Crippen LogP contribution is -2.26. The van der Waals surface area contributed by atoms with Gasteiger partial charge >= 0.3 is 0 Å². The topological polar surface area (TPSA) is 15.3 Å². The van der Waals surface area contributed by atoms with Crippen molar-refractivity contribution >= 4 is 0 Å². The van der Waals surface area contributed by atoms with Crippen LogP contribution in [-0.2, 0) is 6.54 Å². The highest BCUT2D eigenvalue weighted by atomic mass is 15.1. The molecular formula is C19H32N2. The maximum atomic E-state index is 3.43. The molecule has 0 heterocycles. The molecule has 0 bridgehead atoms. The standard InChI is InChI=1S/C19H32N2/c1-4-12-21(14-17-6-7-17)15-18-8-10-19(11-9-18)16(3)13-20-5-2/h8-11,16-17,20H,4-7,12-15H2,1-3H3. The van der Waals surface area contributed by atoms with Crippen LogP contribution in [0.2, 0.25) is 0 Å². The van der Waals surface area contributed by atoms with Crippen molar-refractivity contribution < 1.29 is 0 Å². The molecule has 1 atom stereocenters. The molecule has 1 aromatic rings. The number of hydrogen-bond acceptors (Lipinski definition) is 2. The van der Waals surface area contributed by atoms with Crippen molar-refractivity contribution in [2.45, 2.75) is 52.5 Å². The van der Waals surface area contributed by atoms with Gasteiger partial charge in [-0.25, -0.2) is 0 Å². The van der Waals surface area contributed by atoms with Crippen molar-refractivity contribution in [1.29, 1.82) is 0 Å². The average Bonchev–Trinajstić information content (AvgIpc) is 3.30. The van der Waals surface area contributed by atoms with Gasteiger partial charge in [0.1, 0.15) is 0 Å². The third-order valence-corrected chi connectivity index (χ3v) is 4.41. The van der Waals surface area contributed by atoms with Gasteiger partial charge in [-0.1, -0.05) is 45.0 Å². The Balaban J connectivity index is 1.87. The molecule has 0 saturated heterocycles. The highest BCUT2D eigenvalue weighted by Gasteiger charge is 2.23. The largest absolute Gasteiger partial charge is 0.316 e. The number of hydrogen-bond donors (Lipinski definition) is 1. The molecule has 2 rings (SSSR count). The van der Waals surface area contributed by atoms with Gasteiger partial charge in [-0.05, 0) is 55.3 Å². The number of nitrogens with one attached hydrogen (secondary N) is 1. The van der Waals surface area contributed by atoms with Crippen molar-refractivity contribution in [3.63, 3.8) is 0 Å². The number of rotatable bonds is 10. The first-order valence-electron chi connectivity index (χ1n) is 8.74. The maximum absolute atomic E-state index is 3.43. The number of benzene rings is 1. The predicted octanol–water partition coefficient (Wildman–Crippen LogP) is 4.02. The van der Waals surface area contributed by atoms with Crippen LogP contribution in [0.5, 0.6) is 0 Å². The number of likely N-dealkylation sites (N-methyl/N-ethyl adjacent to an activating group) is 1. The lowest BCUT2D eigenvalue weighted by Gasteiger charge is -2.22. The van der Waals surface area contributed by atoms with E-state index < -0.39 is 0 Å². The van der Waals surface area contributed by atoms with Gasteiger partial charge in [0, 0.05) is 19.6 Å². The molecule has 0 spiro atoms. The van der Waals surface area contributed by atoms with Crippen molar-refractivity contribution in [3.05, 3.63) is 35.4 Å². The fourth-order valence-electron chi connectivity index (χ4n) is 2.91. The van der Waals surface area contributed by atoms with Crippen molar-refractivity contribution in [1.82, 2.24) is 10.2 Å². The summed E-state index contributed by atoms with van der Waals surface area (Å²) in [6.07, 6.45) is 4.15. The van der Waals surface area contributed by atoms with Gasteiger partial charge in [0.25, 0.3) is 0 Å². The summed E-state index contributed by atoms with van der Waals surface area (Å²) < 4.78 is 0. The van der Waals surface area contributed by atoms with Crippen molar-refractivity contribution in [2.24, 2.45) is 5.92 Å². The minimum absolute atomic E-state index is 0.595. The molecule has 1 unspecified atom stereocenters. The molecular weight excluding hydrogens is 256 g/mol. The third-order valence-electron chi connectivity index (χ3n) is 4.41. The van der Waals surface area contributed by atoms with E-state index in [0.717, 1.165) is 25.6 Å². The minimum atomic E-state index is 0.595. The SMILES string of the molecule is CCCN(Cc1ccc(C(C)CNCC)cc1)CC1CC1. The smallest absolute Gasteiger partial charge is 0.0233 e. The summed E-state index contributed by atoms with van der Waals surface area (Å²) in [5, 5.41) is 3.43. The first kappa shape index (κ1) is 16.5. The zero-order valence-corrected chi connectivity index (χ0v) is 14.1. The minimum Gasteiger partial charge on any atom is -0.316 e. The van der Waals surface area contributed by atoms with Crippen LogP contribution in [0.1, 0.15) is 57.1 Å². The van der Waals surface area contributed by atoms with Crippen LogP contribution in [0, 0.1) is 5.92 Å². The molecule has 1 aliphatic carbocycles. The van der Waals surface area contributed by atoms with E-state index in [1.807, 2.05) is 0 Å². The summed E-state index contributed by atoms with van der Waals surface area (Å²) in [6.45, 7) is 12.5. The molecule has 0 aliphatic heterocycles. The Bertz CT molecular complexity index is 395. The normalized spacial score (nSPS) is 16.4. The summed E-state index contributed by atoms with van der Waals surface area (Å²) in [6, 6.07) is 9.29. The Kier molecular flexibility index (Phi) is 6.72. The third kappa shape index (κ3) is 5.80. The van der Waals surface area contributed by atoms with E-state index in [1.54, 1.807) is 0 Å². The van der Waals surface area contributed by atoms with Gasteiger partial charge in [0.05, 0.1) is 0 Å². The molecule has 1 N–H and O–H groups in total. The Hall–Kier alpha value is -0.860.